The number of rotatable bonds is 12. The molecule has 0 amide bonds. The Morgan fingerprint density at radius 3 is 2.22 bits per heavy atom. The molecule has 3 nitrogen and oxygen atoms in total. The van der Waals surface area contributed by atoms with Gasteiger partial charge in [-0.25, -0.2) is 0 Å². The molecule has 2 rings (SSSR count). The first-order valence-corrected chi connectivity index (χ1v) is 11.7. The van der Waals surface area contributed by atoms with Gasteiger partial charge >= 0.3 is 12.4 Å². The molecule has 0 bridgehead atoms. The second-order valence-corrected chi connectivity index (χ2v) is 8.63. The van der Waals surface area contributed by atoms with Gasteiger partial charge < -0.3 is 9.57 Å². The fraction of sp³-hybridized carbons (Fsp3) is 0.444. The number of halogens is 6. The number of nitrogens with zero attached hydrogens (tertiary/aromatic N) is 1. The van der Waals surface area contributed by atoms with Crippen molar-refractivity contribution in [1.82, 2.24) is 0 Å². The first-order chi connectivity index (χ1) is 16.8. The number of benzene rings is 2. The number of oxime groups is 1. The van der Waals surface area contributed by atoms with Crippen LogP contribution < -0.4 is 4.74 Å². The maximum absolute atomic E-state index is 13.7. The molecule has 198 valence electrons. The highest BCUT2D eigenvalue weighted by Crippen LogP contribution is 2.37. The van der Waals surface area contributed by atoms with Crippen LogP contribution in [0, 0.1) is 5.92 Å². The topological polar surface area (TPSA) is 30.8 Å². The number of ether oxygens (including phenoxy) is 1. The van der Waals surface area contributed by atoms with Crippen molar-refractivity contribution in [3.63, 3.8) is 0 Å². The van der Waals surface area contributed by atoms with Crippen LogP contribution in [0.25, 0.3) is 0 Å². The SMILES string of the molecule is C=C(O/N=C(\C)c1ccc(OCCCc2ccc(C(F)(F)F)cc2)c(C(F)(F)F)c1)[C@@H](C)CCCC. The summed E-state index contributed by atoms with van der Waals surface area (Å²) in [7, 11) is 0. The zero-order chi connectivity index (χ0) is 26.9. The largest absolute Gasteiger partial charge is 0.493 e. The summed E-state index contributed by atoms with van der Waals surface area (Å²) in [6, 6.07) is 8.30. The maximum Gasteiger partial charge on any atom is 0.419 e. The lowest BCUT2D eigenvalue weighted by Gasteiger charge is -2.16. The number of allylic oxidation sites excluding steroid dienone is 1. The Bertz CT molecular complexity index is 1030. The van der Waals surface area contributed by atoms with Gasteiger partial charge in [0.25, 0.3) is 0 Å². The van der Waals surface area contributed by atoms with Gasteiger partial charge in [-0.1, -0.05) is 50.6 Å². The Labute approximate surface area is 207 Å². The van der Waals surface area contributed by atoms with E-state index in [9.17, 15) is 26.3 Å². The van der Waals surface area contributed by atoms with Crippen LogP contribution in [-0.2, 0) is 23.6 Å². The highest BCUT2D eigenvalue weighted by atomic mass is 19.4. The summed E-state index contributed by atoms with van der Waals surface area (Å²) in [6.45, 7) is 9.38. The molecule has 0 unspecified atom stereocenters. The Kier molecular flexibility index (Phi) is 10.4. The van der Waals surface area contributed by atoms with Crippen molar-refractivity contribution in [3.8, 4) is 5.75 Å². The Hall–Kier alpha value is -2.97. The van der Waals surface area contributed by atoms with Gasteiger partial charge in [-0.15, -0.1) is 0 Å². The van der Waals surface area contributed by atoms with Crippen LogP contribution in [0.2, 0.25) is 0 Å². The van der Waals surface area contributed by atoms with Gasteiger partial charge in [0.05, 0.1) is 23.4 Å². The molecule has 0 saturated carbocycles. The van der Waals surface area contributed by atoms with Crippen molar-refractivity contribution >= 4 is 5.71 Å². The van der Waals surface area contributed by atoms with Crippen LogP contribution in [0.5, 0.6) is 5.75 Å². The van der Waals surface area contributed by atoms with Gasteiger partial charge in [-0.05, 0) is 67.6 Å². The van der Waals surface area contributed by atoms with Crippen LogP contribution in [0.4, 0.5) is 26.3 Å². The highest BCUT2D eigenvalue weighted by molar-refractivity contribution is 5.98. The molecule has 0 heterocycles. The molecular formula is C27H31F6NO2. The van der Waals surface area contributed by atoms with Crippen LogP contribution in [0.15, 0.2) is 60.0 Å². The summed E-state index contributed by atoms with van der Waals surface area (Å²) in [4.78, 5) is 5.34. The summed E-state index contributed by atoms with van der Waals surface area (Å²) in [6.07, 6.45) is -5.46. The fourth-order valence-electron chi connectivity index (χ4n) is 3.36. The van der Waals surface area contributed by atoms with E-state index in [0.29, 0.717) is 24.2 Å². The molecule has 0 N–H and O–H groups in total. The molecular weight excluding hydrogens is 484 g/mol. The first kappa shape index (κ1) is 29.3. The van der Waals surface area contributed by atoms with Crippen LogP contribution in [0.3, 0.4) is 0 Å². The molecule has 0 saturated heterocycles. The molecule has 2 aromatic rings. The average molecular weight is 516 g/mol. The predicted octanol–water partition coefficient (Wildman–Crippen LogP) is 8.82. The van der Waals surface area contributed by atoms with E-state index in [1.807, 2.05) is 6.92 Å². The normalized spacial score (nSPS) is 13.4. The molecule has 0 fully saturated rings. The number of unbranched alkanes of at least 4 members (excludes halogenated alkanes) is 1. The lowest BCUT2D eigenvalue weighted by atomic mass is 10.0. The minimum absolute atomic E-state index is 0.0326. The monoisotopic (exact) mass is 515 g/mol. The third-order valence-corrected chi connectivity index (χ3v) is 5.69. The average Bonchev–Trinajstić information content (AvgIpc) is 2.82. The second kappa shape index (κ2) is 12.8. The number of hydrogen-bond acceptors (Lipinski definition) is 3. The quantitative estimate of drug-likeness (QED) is 0.0930. The van der Waals surface area contributed by atoms with Gasteiger partial charge in [-0.2, -0.15) is 26.3 Å². The van der Waals surface area contributed by atoms with Crippen LogP contribution >= 0.6 is 0 Å². The highest BCUT2D eigenvalue weighted by Gasteiger charge is 2.35. The fourth-order valence-corrected chi connectivity index (χ4v) is 3.36. The van der Waals surface area contributed by atoms with Crippen molar-refractivity contribution in [2.45, 2.75) is 65.2 Å². The third-order valence-electron chi connectivity index (χ3n) is 5.69. The predicted molar refractivity (Wildman–Crippen MR) is 128 cm³/mol. The van der Waals surface area contributed by atoms with Gasteiger partial charge in [0, 0.05) is 5.92 Å². The van der Waals surface area contributed by atoms with Gasteiger partial charge in [-0.3, -0.25) is 0 Å². The van der Waals surface area contributed by atoms with Crippen molar-refractivity contribution in [2.75, 3.05) is 6.61 Å². The summed E-state index contributed by atoms with van der Waals surface area (Å²) < 4.78 is 84.4. The number of alkyl halides is 6. The molecule has 9 heteroatoms. The summed E-state index contributed by atoms with van der Waals surface area (Å²) >= 11 is 0. The standard InChI is InChI=1S/C27H31F6NO2/c1-5-6-8-18(2)20(4)36-34-19(3)22-12-15-25(24(17-22)27(31,32)33)35-16-7-9-21-10-13-23(14-11-21)26(28,29)30/h10-15,17-18H,4-9,16H2,1-3H3/b34-19+/t18-/m0/s1. The van der Waals surface area contributed by atoms with E-state index in [0.717, 1.165) is 37.5 Å². The van der Waals surface area contributed by atoms with E-state index in [-0.39, 0.29) is 29.5 Å². The third kappa shape index (κ3) is 8.91. The molecule has 0 radical (unpaired) electrons. The smallest absolute Gasteiger partial charge is 0.419 e. The number of aryl methyl sites for hydroxylation is 1. The van der Waals surface area contributed by atoms with Crippen LogP contribution in [-0.4, -0.2) is 12.3 Å². The number of hydrogen-bond donors (Lipinski definition) is 0. The van der Waals surface area contributed by atoms with Crippen LogP contribution in [0.1, 0.15) is 68.7 Å². The Balaban J connectivity index is 2.02. The van der Waals surface area contributed by atoms with E-state index >= 15 is 0 Å². The lowest BCUT2D eigenvalue weighted by molar-refractivity contribution is -0.139. The van der Waals surface area contributed by atoms with E-state index in [4.69, 9.17) is 9.57 Å². The molecule has 36 heavy (non-hydrogen) atoms. The zero-order valence-corrected chi connectivity index (χ0v) is 20.6. The molecule has 0 aliphatic heterocycles. The Morgan fingerprint density at radius 2 is 1.64 bits per heavy atom. The second-order valence-electron chi connectivity index (χ2n) is 8.63. The first-order valence-electron chi connectivity index (χ1n) is 11.7. The van der Waals surface area contributed by atoms with Crippen molar-refractivity contribution in [1.29, 1.82) is 0 Å². The minimum atomic E-state index is -4.65. The van der Waals surface area contributed by atoms with Gasteiger partial charge in [0.1, 0.15) is 11.5 Å². The van der Waals surface area contributed by atoms with E-state index < -0.39 is 23.5 Å². The molecule has 1 atom stereocenters. The molecule has 0 aliphatic carbocycles. The van der Waals surface area contributed by atoms with E-state index in [1.54, 1.807) is 6.92 Å². The summed E-state index contributed by atoms with van der Waals surface area (Å²) in [5.74, 6) is 0.197. The summed E-state index contributed by atoms with van der Waals surface area (Å²) in [5.41, 5.74) is -0.571. The molecule has 0 spiro atoms. The van der Waals surface area contributed by atoms with E-state index in [1.165, 1.54) is 24.3 Å². The van der Waals surface area contributed by atoms with E-state index in [2.05, 4.69) is 18.7 Å². The zero-order valence-electron chi connectivity index (χ0n) is 20.6. The molecule has 0 aromatic heterocycles. The summed E-state index contributed by atoms with van der Waals surface area (Å²) in [5, 5.41) is 3.95. The Morgan fingerprint density at radius 1 is 0.972 bits per heavy atom. The molecule has 2 aromatic carbocycles. The minimum Gasteiger partial charge on any atom is -0.493 e. The van der Waals surface area contributed by atoms with Gasteiger partial charge in [0.15, 0.2) is 0 Å². The van der Waals surface area contributed by atoms with Crippen molar-refractivity contribution < 1.29 is 35.9 Å². The van der Waals surface area contributed by atoms with Crippen molar-refractivity contribution in [2.24, 2.45) is 11.1 Å². The molecule has 0 aliphatic rings. The van der Waals surface area contributed by atoms with Gasteiger partial charge in [0.2, 0.25) is 0 Å². The lowest BCUT2D eigenvalue weighted by Crippen LogP contribution is -2.11. The van der Waals surface area contributed by atoms with Crippen molar-refractivity contribution in [3.05, 3.63) is 77.1 Å². The maximum atomic E-state index is 13.7.